The fourth-order valence-corrected chi connectivity index (χ4v) is 12.3. The van der Waals surface area contributed by atoms with Crippen molar-refractivity contribution >= 4 is 57.7 Å². The summed E-state index contributed by atoms with van der Waals surface area (Å²) in [5.74, 6) is -4.10. The zero-order valence-corrected chi connectivity index (χ0v) is 43.7. The number of fused-ring (bicyclic) bond motifs is 1. The number of nitrogens with zero attached hydrogens (tertiary/aromatic N) is 4. The zero-order chi connectivity index (χ0) is 54.0. The average molecular weight is 1090 g/mol. The summed E-state index contributed by atoms with van der Waals surface area (Å²) in [5, 5.41) is 21.8. The van der Waals surface area contributed by atoms with Gasteiger partial charge in [-0.1, -0.05) is 157 Å². The third-order valence-corrected chi connectivity index (χ3v) is 16.3. The maximum atomic E-state index is 14.9. The number of benzene rings is 5. The van der Waals surface area contributed by atoms with E-state index in [0.717, 1.165) is 83.2 Å². The van der Waals surface area contributed by atoms with Crippen molar-refractivity contribution in [2.45, 2.75) is 74.6 Å². The first-order valence-corrected chi connectivity index (χ1v) is 27.4. The van der Waals surface area contributed by atoms with E-state index in [9.17, 15) is 27.6 Å². The molecule has 5 heterocycles. The van der Waals surface area contributed by atoms with E-state index in [1.54, 1.807) is 22.0 Å². The number of thiazole rings is 1. The maximum absolute atomic E-state index is 14.9. The van der Waals surface area contributed by atoms with Crippen molar-refractivity contribution in [1.29, 1.82) is 0 Å². The average Bonchev–Trinajstić information content (AvgIpc) is 4.21. The van der Waals surface area contributed by atoms with Crippen LogP contribution >= 0.6 is 23.1 Å². The molecule has 3 atom stereocenters. The van der Waals surface area contributed by atoms with E-state index in [0.29, 0.717) is 30.5 Å². The Morgan fingerprint density at radius 1 is 0.818 bits per heavy atom. The highest BCUT2D eigenvalue weighted by atomic mass is 32.2. The van der Waals surface area contributed by atoms with Crippen LogP contribution in [0.2, 0.25) is 0 Å². The number of rotatable bonds is 17. The third kappa shape index (κ3) is 12.3. The SMILES string of the molecule is CC[N+]1(CC2=C(C(=O)OC(c3ccccc3)c3ccccc3)N3C(=O)C(NC(=O)C(=NOC4CCCCO4)c4csc(NC(c5ccccc5)(c5ccccc5)c5ccccc5)n4)[C@@H]3SC2)CCCC1.O=C([O-])C(F)(F)F. The number of thioether (sulfide) groups is 1. The molecule has 4 aliphatic rings. The Labute approximate surface area is 452 Å². The number of amides is 2. The number of halogens is 3. The largest absolute Gasteiger partial charge is 0.542 e. The first-order valence-electron chi connectivity index (χ1n) is 25.5. The smallest absolute Gasteiger partial charge is 0.430 e. The van der Waals surface area contributed by atoms with Crippen molar-refractivity contribution in [3.63, 3.8) is 0 Å². The number of carboxylic acid groups (broad SMARTS) is 1. The number of likely N-dealkylation sites (N-methyl/N-ethyl adjacent to an activating group) is 1. The minimum atomic E-state index is -5.19. The van der Waals surface area contributed by atoms with Gasteiger partial charge in [0.2, 0.25) is 6.29 Å². The number of hydrogen-bond donors (Lipinski definition) is 2. The van der Waals surface area contributed by atoms with Crippen molar-refractivity contribution in [3.05, 3.63) is 202 Å². The summed E-state index contributed by atoms with van der Waals surface area (Å²) < 4.78 is 44.7. The molecule has 400 valence electrons. The number of quaternary nitrogens is 1. The molecule has 0 bridgehead atoms. The molecule has 2 N–H and O–H groups in total. The molecule has 14 nitrogen and oxygen atoms in total. The van der Waals surface area contributed by atoms with Crippen LogP contribution in [0.5, 0.6) is 0 Å². The van der Waals surface area contributed by atoms with E-state index in [-0.39, 0.29) is 17.1 Å². The quantitative estimate of drug-likeness (QED) is 0.0224. The molecular weight excluding hydrogens is 1030 g/mol. The van der Waals surface area contributed by atoms with Crippen LogP contribution in [0.25, 0.3) is 0 Å². The fourth-order valence-electron chi connectivity index (χ4n) is 10.2. The minimum absolute atomic E-state index is 0.0943. The molecular formula is C58H57F3N6O8S2. The van der Waals surface area contributed by atoms with Gasteiger partial charge in [0.15, 0.2) is 16.9 Å². The van der Waals surface area contributed by atoms with Crippen molar-refractivity contribution in [3.8, 4) is 0 Å². The number of carbonyl (C=O) groups is 4. The molecule has 77 heavy (non-hydrogen) atoms. The predicted molar refractivity (Wildman–Crippen MR) is 285 cm³/mol. The molecule has 5 aromatic carbocycles. The van der Waals surface area contributed by atoms with Crippen LogP contribution in [0.3, 0.4) is 0 Å². The van der Waals surface area contributed by atoms with Crippen molar-refractivity contribution < 1.29 is 56.3 Å². The van der Waals surface area contributed by atoms with Crippen LogP contribution in [0.15, 0.2) is 173 Å². The lowest BCUT2D eigenvalue weighted by atomic mass is 9.77. The Morgan fingerprint density at radius 2 is 1.35 bits per heavy atom. The molecule has 0 aliphatic carbocycles. The number of β-lactam (4-membered cyclic amide) rings is 1. The maximum Gasteiger partial charge on any atom is 0.430 e. The summed E-state index contributed by atoms with van der Waals surface area (Å²) in [6.07, 6.45) is -1.88. The monoisotopic (exact) mass is 1090 g/mol. The van der Waals surface area contributed by atoms with Crippen molar-refractivity contribution in [2.24, 2.45) is 5.16 Å². The van der Waals surface area contributed by atoms with Crippen LogP contribution in [0.4, 0.5) is 18.3 Å². The van der Waals surface area contributed by atoms with Gasteiger partial charge >= 0.3 is 12.1 Å². The number of alkyl halides is 3. The summed E-state index contributed by atoms with van der Waals surface area (Å²) >= 11 is 2.88. The lowest BCUT2D eigenvalue weighted by Gasteiger charge is -2.50. The van der Waals surface area contributed by atoms with Gasteiger partial charge in [-0.2, -0.15) is 13.2 Å². The van der Waals surface area contributed by atoms with Crippen LogP contribution in [0, 0.1) is 0 Å². The lowest BCUT2D eigenvalue weighted by Crippen LogP contribution is -2.71. The van der Waals surface area contributed by atoms with Gasteiger partial charge < -0.3 is 39.3 Å². The second kappa shape index (κ2) is 24.3. The molecule has 3 fully saturated rings. The third-order valence-electron chi connectivity index (χ3n) is 14.2. The molecule has 2 unspecified atom stereocenters. The number of carboxylic acids is 1. The van der Waals surface area contributed by atoms with Gasteiger partial charge in [-0.05, 0) is 47.6 Å². The minimum Gasteiger partial charge on any atom is -0.542 e. The Kier molecular flexibility index (Phi) is 17.2. The molecule has 1 aromatic heterocycles. The van der Waals surface area contributed by atoms with Crippen LogP contribution < -0.4 is 15.7 Å². The summed E-state index contributed by atoms with van der Waals surface area (Å²) in [4.78, 5) is 65.6. The topological polar surface area (TPSA) is 172 Å². The number of likely N-dealkylation sites (tertiary alicyclic amines) is 1. The first-order chi connectivity index (χ1) is 37.3. The molecule has 10 rings (SSSR count). The molecule has 4 aliphatic heterocycles. The van der Waals surface area contributed by atoms with E-state index in [1.807, 2.05) is 115 Å². The number of carbonyl (C=O) groups excluding carboxylic acids is 4. The molecule has 3 saturated heterocycles. The Hall–Kier alpha value is -7.32. The number of nitrogens with one attached hydrogen (secondary N) is 2. The Balaban J connectivity index is 0.000000967. The standard InChI is InChI=1S/C56H56N6O6S2.C2HF3O2/c1-2-62(33-19-20-34-62)36-41-37-69-53-48(52(64)61(53)49(41)54(65)67-50(39-22-8-3-9-23-39)40-24-10-4-11-25-40)58-51(63)47(60-68-46-32-18-21-35-66-46)45-38-70-55(57-45)59-56(42-26-12-5-13-27-42,43-28-14-6-15-29-43)44-30-16-7-17-31-44;3-2(4,5)1(6)7/h3-17,22-31,38,46,48,50,53H,2,18-21,32-37H2,1H3,(H-,57,58,59,63);(H,6,7)/t46?,48?,53-;/m0./s1. The summed E-state index contributed by atoms with van der Waals surface area (Å²) in [7, 11) is 0. The van der Waals surface area contributed by atoms with Crippen LogP contribution in [-0.2, 0) is 39.0 Å². The molecule has 19 heteroatoms. The number of aromatic nitrogens is 1. The second-order valence-corrected chi connectivity index (χ2v) is 21.0. The molecule has 2 amide bonds. The highest BCUT2D eigenvalue weighted by Crippen LogP contribution is 2.44. The summed E-state index contributed by atoms with van der Waals surface area (Å²) in [6, 6.07) is 49.0. The first kappa shape index (κ1) is 54.5. The molecule has 0 radical (unpaired) electrons. The Bertz CT molecular complexity index is 2910. The van der Waals surface area contributed by atoms with E-state index in [2.05, 4.69) is 59.1 Å². The van der Waals surface area contributed by atoms with E-state index in [1.165, 1.54) is 11.3 Å². The summed E-state index contributed by atoms with van der Waals surface area (Å²) in [5.41, 5.74) is 5.09. The van der Waals surface area contributed by atoms with Gasteiger partial charge in [0.25, 0.3) is 11.8 Å². The van der Waals surface area contributed by atoms with Crippen LogP contribution in [0.1, 0.15) is 78.6 Å². The number of aliphatic carboxylic acids is 1. The van der Waals surface area contributed by atoms with Crippen LogP contribution in [-0.4, -0.2) is 106 Å². The predicted octanol–water partition coefficient (Wildman–Crippen LogP) is 8.71. The Morgan fingerprint density at radius 3 is 1.84 bits per heavy atom. The molecule has 6 aromatic rings. The number of ether oxygens (including phenoxy) is 2. The fraction of sp³-hybridized carbons (Fsp3) is 0.310. The number of hydrogen-bond acceptors (Lipinski definition) is 13. The van der Waals surface area contributed by atoms with Gasteiger partial charge in [0.1, 0.15) is 40.9 Å². The van der Waals surface area contributed by atoms with Gasteiger partial charge in [0.05, 0.1) is 26.2 Å². The lowest BCUT2D eigenvalue weighted by molar-refractivity contribution is -0.910. The highest BCUT2D eigenvalue weighted by Gasteiger charge is 2.56. The van der Waals surface area contributed by atoms with Gasteiger partial charge in [-0.25, -0.2) is 9.78 Å². The number of anilines is 1. The summed E-state index contributed by atoms with van der Waals surface area (Å²) in [6.45, 7) is 6.29. The number of esters is 1. The van der Waals surface area contributed by atoms with Gasteiger partial charge in [-0.3, -0.25) is 14.5 Å². The molecule has 0 saturated carbocycles. The van der Waals surface area contributed by atoms with E-state index >= 15 is 0 Å². The van der Waals surface area contributed by atoms with Gasteiger partial charge in [-0.15, -0.1) is 23.1 Å². The van der Waals surface area contributed by atoms with Gasteiger partial charge in [0, 0.05) is 36.0 Å². The highest BCUT2D eigenvalue weighted by molar-refractivity contribution is 8.00. The van der Waals surface area contributed by atoms with E-state index in [4.69, 9.17) is 29.2 Å². The normalized spacial score (nSPS) is 19.3. The van der Waals surface area contributed by atoms with E-state index < -0.39 is 59.3 Å². The second-order valence-electron chi connectivity index (χ2n) is 19.0. The molecule has 0 spiro atoms. The van der Waals surface area contributed by atoms with Crippen molar-refractivity contribution in [1.82, 2.24) is 15.2 Å². The number of oxime groups is 1. The zero-order valence-electron chi connectivity index (χ0n) is 42.1. The van der Waals surface area contributed by atoms with Crippen molar-refractivity contribution in [2.75, 3.05) is 43.9 Å².